The maximum atomic E-state index is 12.0. The van der Waals surface area contributed by atoms with Crippen molar-refractivity contribution < 1.29 is 8.42 Å². The van der Waals surface area contributed by atoms with Crippen LogP contribution in [0.1, 0.15) is 40.3 Å². The van der Waals surface area contributed by atoms with Crippen LogP contribution in [0.4, 0.5) is 0 Å². The number of sulfone groups is 1. The fourth-order valence-corrected chi connectivity index (χ4v) is 2.58. The number of hydrogen-bond acceptors (Lipinski definition) is 5. The largest absolute Gasteiger partial charge is 0.311 e. The molecule has 7 heteroatoms. The Labute approximate surface area is 121 Å². The van der Waals surface area contributed by atoms with Gasteiger partial charge in [0, 0.05) is 12.7 Å². The summed E-state index contributed by atoms with van der Waals surface area (Å²) < 4.78 is 24.9. The van der Waals surface area contributed by atoms with Gasteiger partial charge in [-0.2, -0.15) is 0 Å². The smallest absolute Gasteiger partial charge is 0.157 e. The summed E-state index contributed by atoms with van der Waals surface area (Å²) in [6, 6.07) is 0. The van der Waals surface area contributed by atoms with Crippen molar-refractivity contribution in [3.63, 3.8) is 0 Å². The molecule has 116 valence electrons. The number of aromatic nitrogens is 3. The predicted octanol–water partition coefficient (Wildman–Crippen LogP) is 1.24. The van der Waals surface area contributed by atoms with Gasteiger partial charge in [-0.15, -0.1) is 5.10 Å². The van der Waals surface area contributed by atoms with E-state index in [2.05, 4.69) is 29.5 Å². The summed E-state index contributed by atoms with van der Waals surface area (Å²) >= 11 is 0. The van der Waals surface area contributed by atoms with Crippen LogP contribution in [0.15, 0.2) is 6.20 Å². The third kappa shape index (κ3) is 5.20. The van der Waals surface area contributed by atoms with E-state index in [-0.39, 0.29) is 5.75 Å². The summed E-state index contributed by atoms with van der Waals surface area (Å²) in [5.41, 5.74) is 0.832. The highest BCUT2D eigenvalue weighted by Gasteiger charge is 2.28. The molecule has 0 aliphatic rings. The van der Waals surface area contributed by atoms with E-state index in [0.717, 1.165) is 12.2 Å². The lowest BCUT2D eigenvalue weighted by molar-refractivity contribution is 0.545. The molecule has 0 unspecified atom stereocenters. The van der Waals surface area contributed by atoms with Crippen molar-refractivity contribution in [2.24, 2.45) is 5.92 Å². The molecular formula is C13H26N4O2S. The molecule has 0 aliphatic heterocycles. The van der Waals surface area contributed by atoms with Crippen molar-refractivity contribution in [3.05, 3.63) is 11.9 Å². The molecule has 0 spiro atoms. The zero-order valence-electron chi connectivity index (χ0n) is 13.0. The van der Waals surface area contributed by atoms with Crippen molar-refractivity contribution in [3.8, 4) is 0 Å². The fraction of sp³-hybridized carbons (Fsp3) is 0.846. The minimum atomic E-state index is -3.12. The summed E-state index contributed by atoms with van der Waals surface area (Å²) in [5.74, 6) is 0.667. The molecule has 0 radical (unpaired) electrons. The Hall–Kier alpha value is -0.950. The molecule has 0 fully saturated rings. The van der Waals surface area contributed by atoms with Crippen LogP contribution in [-0.2, 0) is 22.9 Å². The maximum Gasteiger partial charge on any atom is 0.157 e. The van der Waals surface area contributed by atoms with Crippen molar-refractivity contribution in [1.29, 1.82) is 0 Å². The molecule has 1 rings (SSSR count). The van der Waals surface area contributed by atoms with E-state index >= 15 is 0 Å². The van der Waals surface area contributed by atoms with E-state index in [9.17, 15) is 8.42 Å². The monoisotopic (exact) mass is 302 g/mol. The van der Waals surface area contributed by atoms with E-state index in [0.29, 0.717) is 19.0 Å². The zero-order valence-corrected chi connectivity index (χ0v) is 13.9. The Kier molecular flexibility index (Phi) is 5.70. The van der Waals surface area contributed by atoms with Crippen LogP contribution in [0.3, 0.4) is 0 Å². The number of rotatable bonds is 7. The first kappa shape index (κ1) is 17.1. The molecule has 0 amide bonds. The molecule has 1 aromatic rings. The summed E-state index contributed by atoms with van der Waals surface area (Å²) in [6.07, 6.45) is 1.80. The lowest BCUT2D eigenvalue weighted by atomic mass is 10.2. The lowest BCUT2D eigenvalue weighted by Crippen LogP contribution is -2.32. The van der Waals surface area contributed by atoms with Crippen molar-refractivity contribution in [2.75, 3.05) is 12.3 Å². The van der Waals surface area contributed by atoms with Gasteiger partial charge in [0.25, 0.3) is 0 Å². The van der Waals surface area contributed by atoms with Crippen molar-refractivity contribution in [2.45, 2.75) is 52.5 Å². The van der Waals surface area contributed by atoms with Gasteiger partial charge in [0.2, 0.25) is 0 Å². The topological polar surface area (TPSA) is 76.9 Å². The highest BCUT2D eigenvalue weighted by Crippen LogP contribution is 2.16. The SMILES string of the molecule is CC(C)CNCc1cn(CCS(=O)(=O)C(C)(C)C)nn1. The zero-order chi connectivity index (χ0) is 15.4. The maximum absolute atomic E-state index is 12.0. The molecule has 0 aromatic carbocycles. The molecule has 0 saturated carbocycles. The second-order valence-electron chi connectivity index (χ2n) is 6.43. The van der Waals surface area contributed by atoms with Gasteiger partial charge >= 0.3 is 0 Å². The number of aryl methyl sites for hydroxylation is 1. The molecule has 0 aliphatic carbocycles. The number of nitrogens with zero attached hydrogens (tertiary/aromatic N) is 3. The van der Waals surface area contributed by atoms with Gasteiger partial charge in [0.05, 0.1) is 22.7 Å². The van der Waals surface area contributed by atoms with E-state index in [1.165, 1.54) is 0 Å². The summed E-state index contributed by atoms with van der Waals surface area (Å²) in [7, 11) is -3.12. The molecule has 0 atom stereocenters. The normalized spacial score (nSPS) is 13.1. The van der Waals surface area contributed by atoms with Crippen LogP contribution < -0.4 is 5.32 Å². The van der Waals surface area contributed by atoms with Crippen LogP contribution in [0.2, 0.25) is 0 Å². The van der Waals surface area contributed by atoms with Crippen LogP contribution in [0.5, 0.6) is 0 Å². The molecule has 20 heavy (non-hydrogen) atoms. The molecule has 1 heterocycles. The highest BCUT2D eigenvalue weighted by molar-refractivity contribution is 7.92. The predicted molar refractivity (Wildman–Crippen MR) is 80.1 cm³/mol. The summed E-state index contributed by atoms with van der Waals surface area (Å²) in [5, 5.41) is 11.3. The third-order valence-corrected chi connectivity index (χ3v) is 5.55. The average molecular weight is 302 g/mol. The summed E-state index contributed by atoms with van der Waals surface area (Å²) in [4.78, 5) is 0. The highest BCUT2D eigenvalue weighted by atomic mass is 32.2. The van der Waals surface area contributed by atoms with Gasteiger partial charge in [0.1, 0.15) is 0 Å². The van der Waals surface area contributed by atoms with Gasteiger partial charge in [-0.1, -0.05) is 19.1 Å². The molecule has 1 N–H and O–H groups in total. The Morgan fingerprint density at radius 3 is 2.55 bits per heavy atom. The first-order valence-electron chi connectivity index (χ1n) is 6.94. The average Bonchev–Trinajstić information content (AvgIpc) is 2.72. The first-order valence-corrected chi connectivity index (χ1v) is 8.59. The van der Waals surface area contributed by atoms with E-state index in [1.807, 2.05) is 0 Å². The Bertz CT molecular complexity index is 515. The minimum Gasteiger partial charge on any atom is -0.311 e. The Morgan fingerprint density at radius 2 is 2.00 bits per heavy atom. The second-order valence-corrected chi connectivity index (χ2v) is 9.29. The first-order chi connectivity index (χ1) is 9.12. The molecule has 0 bridgehead atoms. The van der Waals surface area contributed by atoms with Crippen LogP contribution in [-0.4, -0.2) is 40.5 Å². The third-order valence-electron chi connectivity index (χ3n) is 2.97. The minimum absolute atomic E-state index is 0.0821. The Morgan fingerprint density at radius 1 is 1.35 bits per heavy atom. The Balaban J connectivity index is 2.49. The molecular weight excluding hydrogens is 276 g/mol. The number of nitrogens with one attached hydrogen (secondary N) is 1. The van der Waals surface area contributed by atoms with Crippen LogP contribution in [0.25, 0.3) is 0 Å². The second kappa shape index (κ2) is 6.67. The van der Waals surface area contributed by atoms with Crippen LogP contribution in [0, 0.1) is 5.92 Å². The van der Waals surface area contributed by atoms with E-state index < -0.39 is 14.6 Å². The van der Waals surface area contributed by atoms with Crippen molar-refractivity contribution in [1.82, 2.24) is 20.3 Å². The molecule has 1 aromatic heterocycles. The van der Waals surface area contributed by atoms with E-state index in [4.69, 9.17) is 0 Å². The number of hydrogen-bond donors (Lipinski definition) is 1. The standard InChI is InChI=1S/C13H26N4O2S/c1-11(2)8-14-9-12-10-17(16-15-12)6-7-20(18,19)13(3,4)5/h10-11,14H,6-9H2,1-5H3. The quantitative estimate of drug-likeness (QED) is 0.820. The van der Waals surface area contributed by atoms with Crippen molar-refractivity contribution >= 4 is 9.84 Å². The van der Waals surface area contributed by atoms with Gasteiger partial charge in [-0.3, -0.25) is 4.68 Å². The molecule has 0 saturated heterocycles. The van der Waals surface area contributed by atoms with Gasteiger partial charge in [-0.05, 0) is 33.2 Å². The lowest BCUT2D eigenvalue weighted by Gasteiger charge is -2.18. The van der Waals surface area contributed by atoms with Gasteiger partial charge < -0.3 is 5.32 Å². The molecule has 6 nitrogen and oxygen atoms in total. The van der Waals surface area contributed by atoms with Crippen LogP contribution >= 0.6 is 0 Å². The van der Waals surface area contributed by atoms with E-state index in [1.54, 1.807) is 31.6 Å². The fourth-order valence-electron chi connectivity index (χ4n) is 1.54. The summed E-state index contributed by atoms with van der Waals surface area (Å²) in [6.45, 7) is 11.3. The van der Waals surface area contributed by atoms with Gasteiger partial charge in [0.15, 0.2) is 9.84 Å². The van der Waals surface area contributed by atoms with Gasteiger partial charge in [-0.25, -0.2) is 8.42 Å².